The molecule has 0 bridgehead atoms. The molecule has 28 heavy (non-hydrogen) atoms. The maximum Gasteiger partial charge on any atom is 0.219 e. The second-order valence-electron chi connectivity index (χ2n) is 6.47. The van der Waals surface area contributed by atoms with E-state index in [1.165, 1.54) is 12.8 Å². The number of rotatable bonds is 8. The summed E-state index contributed by atoms with van der Waals surface area (Å²) >= 11 is 0. The van der Waals surface area contributed by atoms with Gasteiger partial charge in [0.05, 0.1) is 30.1 Å². The molecule has 148 valence electrons. The summed E-state index contributed by atoms with van der Waals surface area (Å²) in [5, 5.41) is 12.1. The van der Waals surface area contributed by atoms with E-state index in [-0.39, 0.29) is 6.04 Å². The normalized spacial score (nSPS) is 13.4. The third-order valence-corrected chi connectivity index (χ3v) is 4.14. The molecule has 2 aromatic rings. The summed E-state index contributed by atoms with van der Waals surface area (Å²) < 4.78 is 11.4. The summed E-state index contributed by atoms with van der Waals surface area (Å²) in [4.78, 5) is 13.8. The topological polar surface area (TPSA) is 110 Å². The number of ether oxygens (including phenoxy) is 2. The van der Waals surface area contributed by atoms with E-state index >= 15 is 0 Å². The minimum Gasteiger partial charge on any atom is -0.492 e. The molecule has 0 saturated heterocycles. The second kappa shape index (κ2) is 10.9. The molecule has 7 heteroatoms. The van der Waals surface area contributed by atoms with Gasteiger partial charge in [-0.15, -0.1) is 0 Å². The Morgan fingerprint density at radius 1 is 1.39 bits per heavy atom. The van der Waals surface area contributed by atoms with Gasteiger partial charge in [0.1, 0.15) is 23.9 Å². The number of aldehydes is 1. The average molecular weight is 382 g/mol. The van der Waals surface area contributed by atoms with Crippen molar-refractivity contribution in [2.45, 2.75) is 32.2 Å². The number of benzene rings is 1. The molecule has 0 aliphatic heterocycles. The molecular weight excluding hydrogens is 356 g/mol. The van der Waals surface area contributed by atoms with Crippen LogP contribution in [0, 0.1) is 17.2 Å². The predicted octanol–water partition coefficient (Wildman–Crippen LogP) is 3.50. The molecule has 0 amide bonds. The molecule has 1 unspecified atom stereocenters. The fraction of sp³-hybridized carbons (Fsp3) is 0.381. The molecule has 3 rings (SSSR count). The minimum absolute atomic E-state index is 0.245. The first-order valence-electron chi connectivity index (χ1n) is 9.29. The maximum absolute atomic E-state index is 9.61. The number of aromatic nitrogens is 1. The number of carbonyl (C=O) groups excluding carboxylic acids is 1. The Kier molecular flexibility index (Phi) is 8.25. The molecule has 1 atom stereocenters. The lowest BCUT2D eigenvalue weighted by Gasteiger charge is -2.10. The van der Waals surface area contributed by atoms with Crippen LogP contribution in [0.3, 0.4) is 0 Å². The standard InChI is InChI=1S/C17H17N3O2.C4H9NO/c1-19-14-5-7-17(20-10-14)22-15-6-4-13(9-18)16(8-15)21-11-12-2-3-12;1-2-4(5)3-6/h4-8,10,12,19H,2-3,11H2,1H3;3-4H,2,5H2,1H3. The van der Waals surface area contributed by atoms with Crippen LogP contribution in [0.25, 0.3) is 0 Å². The highest BCUT2D eigenvalue weighted by Gasteiger charge is 2.22. The molecule has 3 N–H and O–H groups in total. The SMILES string of the molecule is CCC(N)C=O.CNc1ccc(Oc2ccc(C#N)c(OCC3CC3)c2)nc1. The largest absolute Gasteiger partial charge is 0.492 e. The van der Waals surface area contributed by atoms with Crippen molar-refractivity contribution in [2.24, 2.45) is 11.7 Å². The summed E-state index contributed by atoms with van der Waals surface area (Å²) in [6.07, 6.45) is 5.60. The van der Waals surface area contributed by atoms with Gasteiger partial charge in [-0.05, 0) is 43.4 Å². The van der Waals surface area contributed by atoms with E-state index in [9.17, 15) is 4.79 Å². The number of nitriles is 1. The lowest BCUT2D eigenvalue weighted by Crippen LogP contribution is -2.19. The molecule has 1 saturated carbocycles. The van der Waals surface area contributed by atoms with Crippen molar-refractivity contribution >= 4 is 12.0 Å². The lowest BCUT2D eigenvalue weighted by molar-refractivity contribution is -0.108. The number of nitrogens with zero attached hydrogens (tertiary/aromatic N) is 2. The van der Waals surface area contributed by atoms with Crippen molar-refractivity contribution in [3.8, 4) is 23.4 Å². The van der Waals surface area contributed by atoms with Gasteiger partial charge in [-0.25, -0.2) is 4.98 Å². The Morgan fingerprint density at radius 3 is 2.68 bits per heavy atom. The number of carbonyl (C=O) groups is 1. The maximum atomic E-state index is 9.61. The third kappa shape index (κ3) is 6.89. The zero-order valence-electron chi connectivity index (χ0n) is 16.2. The Balaban J connectivity index is 0.000000409. The average Bonchev–Trinajstić information content (AvgIpc) is 3.57. The van der Waals surface area contributed by atoms with E-state index in [1.54, 1.807) is 30.5 Å². The summed E-state index contributed by atoms with van der Waals surface area (Å²) in [6, 6.07) is 10.8. The Hall–Kier alpha value is -3.11. The van der Waals surface area contributed by atoms with Crippen molar-refractivity contribution in [3.05, 3.63) is 42.1 Å². The first kappa shape index (κ1) is 21.2. The summed E-state index contributed by atoms with van der Waals surface area (Å²) in [6.45, 7) is 2.53. The van der Waals surface area contributed by atoms with Gasteiger partial charge in [0.25, 0.3) is 0 Å². The Labute approximate surface area is 165 Å². The number of hydrogen-bond acceptors (Lipinski definition) is 7. The quantitative estimate of drug-likeness (QED) is 0.672. The molecule has 1 aromatic heterocycles. The molecule has 1 aliphatic rings. The van der Waals surface area contributed by atoms with Crippen molar-refractivity contribution in [1.82, 2.24) is 4.98 Å². The van der Waals surface area contributed by atoms with Crippen LogP contribution in [0.15, 0.2) is 36.5 Å². The van der Waals surface area contributed by atoms with Crippen LogP contribution in [0.2, 0.25) is 0 Å². The van der Waals surface area contributed by atoms with Crippen LogP contribution in [-0.2, 0) is 4.79 Å². The number of nitrogens with one attached hydrogen (secondary N) is 1. The van der Waals surface area contributed by atoms with Crippen LogP contribution in [0.1, 0.15) is 31.7 Å². The van der Waals surface area contributed by atoms with Gasteiger partial charge in [-0.1, -0.05) is 6.92 Å². The van der Waals surface area contributed by atoms with E-state index in [2.05, 4.69) is 16.4 Å². The fourth-order valence-electron chi connectivity index (χ4n) is 2.08. The molecule has 1 fully saturated rings. The zero-order valence-corrected chi connectivity index (χ0v) is 16.2. The molecule has 7 nitrogen and oxygen atoms in total. The summed E-state index contributed by atoms with van der Waals surface area (Å²) in [5.74, 6) is 2.30. The predicted molar refractivity (Wildman–Crippen MR) is 108 cm³/mol. The van der Waals surface area contributed by atoms with Gasteiger partial charge in [0.15, 0.2) is 0 Å². The van der Waals surface area contributed by atoms with Crippen LogP contribution < -0.4 is 20.5 Å². The fourth-order valence-corrected chi connectivity index (χ4v) is 2.08. The third-order valence-electron chi connectivity index (χ3n) is 4.14. The van der Waals surface area contributed by atoms with E-state index < -0.39 is 0 Å². The van der Waals surface area contributed by atoms with Crippen molar-refractivity contribution < 1.29 is 14.3 Å². The Bertz CT molecular complexity index is 798. The van der Waals surface area contributed by atoms with Gasteiger partial charge in [0.2, 0.25) is 5.88 Å². The molecule has 1 aliphatic carbocycles. The van der Waals surface area contributed by atoms with Crippen molar-refractivity contribution in [3.63, 3.8) is 0 Å². The van der Waals surface area contributed by atoms with E-state index in [0.717, 1.165) is 18.4 Å². The number of anilines is 1. The second-order valence-corrected chi connectivity index (χ2v) is 6.47. The highest BCUT2D eigenvalue weighted by molar-refractivity contribution is 5.56. The van der Waals surface area contributed by atoms with Crippen LogP contribution in [0.5, 0.6) is 17.4 Å². The van der Waals surface area contributed by atoms with Gasteiger partial charge in [-0.3, -0.25) is 0 Å². The van der Waals surface area contributed by atoms with Gasteiger partial charge >= 0.3 is 0 Å². The van der Waals surface area contributed by atoms with Crippen LogP contribution >= 0.6 is 0 Å². The molecule has 0 spiro atoms. The van der Waals surface area contributed by atoms with Gasteiger partial charge in [-0.2, -0.15) is 5.26 Å². The molecule has 1 aromatic carbocycles. The first-order chi connectivity index (χ1) is 13.6. The molecule has 1 heterocycles. The number of hydrogen-bond donors (Lipinski definition) is 2. The van der Waals surface area contributed by atoms with Gasteiger partial charge in [0, 0.05) is 19.2 Å². The highest BCUT2D eigenvalue weighted by atomic mass is 16.5. The van der Waals surface area contributed by atoms with Gasteiger partial charge < -0.3 is 25.3 Å². The zero-order chi connectivity index (χ0) is 20.4. The van der Waals surface area contributed by atoms with Crippen LogP contribution in [-0.4, -0.2) is 31.0 Å². The summed E-state index contributed by atoms with van der Waals surface area (Å²) in [7, 11) is 1.83. The summed E-state index contributed by atoms with van der Waals surface area (Å²) in [5.41, 5.74) is 6.54. The minimum atomic E-state index is -0.245. The molecule has 0 radical (unpaired) electrons. The van der Waals surface area contributed by atoms with Crippen molar-refractivity contribution in [2.75, 3.05) is 19.0 Å². The number of nitrogens with two attached hydrogens (primary N) is 1. The van der Waals surface area contributed by atoms with Crippen LogP contribution in [0.4, 0.5) is 5.69 Å². The first-order valence-corrected chi connectivity index (χ1v) is 9.29. The monoisotopic (exact) mass is 382 g/mol. The van der Waals surface area contributed by atoms with E-state index in [4.69, 9.17) is 20.5 Å². The number of pyridine rings is 1. The highest BCUT2D eigenvalue weighted by Crippen LogP contribution is 2.32. The van der Waals surface area contributed by atoms with Crippen molar-refractivity contribution in [1.29, 1.82) is 5.26 Å². The molecular formula is C21H26N4O3. The smallest absolute Gasteiger partial charge is 0.219 e. The van der Waals surface area contributed by atoms with E-state index in [0.29, 0.717) is 35.5 Å². The lowest BCUT2D eigenvalue weighted by atomic mass is 10.2. The van der Waals surface area contributed by atoms with E-state index in [1.807, 2.05) is 20.0 Å². The Morgan fingerprint density at radius 2 is 2.18 bits per heavy atom.